The van der Waals surface area contributed by atoms with Gasteiger partial charge in [-0.15, -0.1) is 6.58 Å². The largest absolute Gasteiger partial charge is 0.404 e. The number of allylic oxidation sites excluding steroid dienone is 4. The first-order valence-corrected chi connectivity index (χ1v) is 13.8. The summed E-state index contributed by atoms with van der Waals surface area (Å²) >= 11 is 0. The van der Waals surface area contributed by atoms with E-state index in [1.807, 2.05) is 6.08 Å². The van der Waals surface area contributed by atoms with Crippen molar-refractivity contribution >= 4 is 38.2 Å². The molecule has 40 heavy (non-hydrogen) atoms. The van der Waals surface area contributed by atoms with Gasteiger partial charge in [-0.3, -0.25) is 0 Å². The summed E-state index contributed by atoms with van der Waals surface area (Å²) in [5, 5.41) is 4.92. The van der Waals surface area contributed by atoms with Crippen LogP contribution in [0.4, 0.5) is 0 Å². The molecule has 0 spiro atoms. The van der Waals surface area contributed by atoms with Gasteiger partial charge in [0.2, 0.25) is 0 Å². The summed E-state index contributed by atoms with van der Waals surface area (Å²) < 4.78 is 2.40. The van der Waals surface area contributed by atoms with Crippen molar-refractivity contribution in [3.63, 3.8) is 0 Å². The highest BCUT2D eigenvalue weighted by Gasteiger charge is 2.18. The zero-order valence-electron chi connectivity index (χ0n) is 23.4. The van der Waals surface area contributed by atoms with Crippen LogP contribution >= 0.6 is 0 Å². The van der Waals surface area contributed by atoms with Gasteiger partial charge >= 0.3 is 0 Å². The Morgan fingerprint density at radius 3 is 2.12 bits per heavy atom. The molecule has 0 unspecified atom stereocenters. The number of hydrogen-bond acceptors (Lipinski definition) is 1. The maximum Gasteiger partial charge on any atom is 0.0619 e. The Balaban J connectivity index is 1.62. The van der Waals surface area contributed by atoms with Crippen LogP contribution in [0.15, 0.2) is 140 Å². The van der Waals surface area contributed by atoms with E-state index < -0.39 is 0 Å². The molecule has 0 radical (unpaired) electrons. The highest BCUT2D eigenvalue weighted by molar-refractivity contribution is 6.19. The van der Waals surface area contributed by atoms with Gasteiger partial charge < -0.3 is 10.3 Å². The van der Waals surface area contributed by atoms with Gasteiger partial charge in [-0.2, -0.15) is 0 Å². The molecule has 6 rings (SSSR count). The quantitative estimate of drug-likeness (QED) is 0.173. The summed E-state index contributed by atoms with van der Waals surface area (Å²) in [5.74, 6) is 0. The highest BCUT2D eigenvalue weighted by atomic mass is 15.0. The summed E-state index contributed by atoms with van der Waals surface area (Å²) in [6.07, 6.45) is 5.87. The van der Waals surface area contributed by atoms with E-state index in [2.05, 4.69) is 147 Å². The number of aromatic nitrogens is 1. The number of para-hydroxylation sites is 1. The van der Waals surface area contributed by atoms with Crippen LogP contribution in [0.5, 0.6) is 0 Å². The van der Waals surface area contributed by atoms with E-state index in [1.54, 1.807) is 6.20 Å². The number of fused-ring (bicyclic) bond motifs is 5. The molecular formula is C38H34N2. The fourth-order valence-corrected chi connectivity index (χ4v) is 5.48. The Morgan fingerprint density at radius 2 is 1.43 bits per heavy atom. The van der Waals surface area contributed by atoms with Crippen molar-refractivity contribution in [1.29, 1.82) is 0 Å². The van der Waals surface area contributed by atoms with Crippen molar-refractivity contribution in [3.05, 3.63) is 145 Å². The lowest BCUT2D eigenvalue weighted by atomic mass is 9.84. The molecule has 0 fully saturated rings. The summed E-state index contributed by atoms with van der Waals surface area (Å²) in [7, 11) is 0. The van der Waals surface area contributed by atoms with Crippen LogP contribution in [0.25, 0.3) is 55.0 Å². The van der Waals surface area contributed by atoms with Gasteiger partial charge in [-0.1, -0.05) is 117 Å². The number of hydrogen-bond donors (Lipinski definition) is 1. The molecule has 0 saturated heterocycles. The second-order valence-corrected chi connectivity index (χ2v) is 11.0. The van der Waals surface area contributed by atoms with Crippen LogP contribution in [-0.4, -0.2) is 4.57 Å². The van der Waals surface area contributed by atoms with Crippen molar-refractivity contribution in [2.75, 3.05) is 0 Å². The Morgan fingerprint density at radius 1 is 0.750 bits per heavy atom. The topological polar surface area (TPSA) is 30.9 Å². The average Bonchev–Trinajstić information content (AvgIpc) is 3.34. The van der Waals surface area contributed by atoms with Crippen LogP contribution in [0, 0.1) is 5.41 Å². The molecule has 1 aromatic heterocycles. The van der Waals surface area contributed by atoms with Gasteiger partial charge in [0.15, 0.2) is 0 Å². The van der Waals surface area contributed by atoms with E-state index in [-0.39, 0.29) is 5.41 Å². The molecule has 5 aromatic carbocycles. The zero-order valence-corrected chi connectivity index (χ0v) is 23.4. The molecule has 196 valence electrons. The number of nitrogens with two attached hydrogens (primary N) is 1. The van der Waals surface area contributed by atoms with Gasteiger partial charge in [-0.05, 0) is 58.8 Å². The van der Waals surface area contributed by atoms with Gasteiger partial charge in [0.05, 0.1) is 11.0 Å². The Kier molecular flexibility index (Phi) is 6.40. The van der Waals surface area contributed by atoms with Gasteiger partial charge in [0, 0.05) is 33.5 Å². The third-order valence-electron chi connectivity index (χ3n) is 8.28. The Labute approximate surface area is 236 Å². The number of benzene rings is 5. The van der Waals surface area contributed by atoms with E-state index in [9.17, 15) is 0 Å². The van der Waals surface area contributed by atoms with Crippen molar-refractivity contribution < 1.29 is 0 Å². The third kappa shape index (κ3) is 4.32. The van der Waals surface area contributed by atoms with Crippen LogP contribution in [0.1, 0.15) is 26.3 Å². The lowest BCUT2D eigenvalue weighted by Gasteiger charge is -2.21. The van der Waals surface area contributed by atoms with Crippen molar-refractivity contribution in [2.45, 2.75) is 20.8 Å². The fraction of sp³-hybridized carbons (Fsp3) is 0.105. The molecule has 0 aliphatic carbocycles. The highest BCUT2D eigenvalue weighted by Crippen LogP contribution is 2.39. The summed E-state index contributed by atoms with van der Waals surface area (Å²) in [6, 6.07) is 39.2. The van der Waals surface area contributed by atoms with Crippen LogP contribution in [-0.2, 0) is 0 Å². The Hall–Kier alpha value is -4.82. The first-order chi connectivity index (χ1) is 19.4. The number of nitrogens with zero attached hydrogens (tertiary/aromatic N) is 1. The van der Waals surface area contributed by atoms with E-state index in [4.69, 9.17) is 5.73 Å². The maximum atomic E-state index is 6.20. The summed E-state index contributed by atoms with van der Waals surface area (Å²) in [6.45, 7) is 10.5. The minimum absolute atomic E-state index is 0.116. The second kappa shape index (κ2) is 10.1. The second-order valence-electron chi connectivity index (χ2n) is 11.0. The molecule has 0 aliphatic rings. The monoisotopic (exact) mass is 518 g/mol. The molecule has 2 N–H and O–H groups in total. The number of rotatable bonds is 6. The summed E-state index contributed by atoms with van der Waals surface area (Å²) in [4.78, 5) is 0. The van der Waals surface area contributed by atoms with Crippen LogP contribution in [0.2, 0.25) is 0 Å². The maximum absolute atomic E-state index is 6.20. The van der Waals surface area contributed by atoms with Gasteiger partial charge in [0.25, 0.3) is 0 Å². The first-order valence-electron chi connectivity index (χ1n) is 13.8. The SMILES string of the molecule is C=CC(C)(C)/C(C)=C/C(=C\N)c1ccc2c3ccc4cc(-c5ccccc5)ccc4c3n(-c3ccccc3)c2c1. The average molecular weight is 519 g/mol. The molecule has 1 heterocycles. The van der Waals surface area contributed by atoms with Crippen molar-refractivity contribution in [2.24, 2.45) is 11.1 Å². The van der Waals surface area contributed by atoms with Crippen molar-refractivity contribution in [1.82, 2.24) is 4.57 Å². The molecule has 0 atom stereocenters. The minimum atomic E-state index is -0.116. The smallest absolute Gasteiger partial charge is 0.0619 e. The standard InChI is InChI=1S/C38H34N2/c1-5-38(3,4)26(2)22-31(25-39)29-17-20-34-35-21-18-30-23-28(27-12-8-6-9-13-27)16-19-33(30)37(35)40(36(34)24-29)32-14-10-7-11-15-32/h5-25H,1,39H2,2-4H3/b26-22+,31-25+. The third-order valence-corrected chi connectivity index (χ3v) is 8.28. The molecule has 6 aromatic rings. The van der Waals surface area contributed by atoms with E-state index in [1.165, 1.54) is 43.8 Å². The fourth-order valence-electron chi connectivity index (χ4n) is 5.48. The van der Waals surface area contributed by atoms with E-state index in [0.717, 1.165) is 22.3 Å². The van der Waals surface area contributed by atoms with Crippen LogP contribution < -0.4 is 5.73 Å². The zero-order chi connectivity index (χ0) is 27.9. The Bertz CT molecular complexity index is 1930. The summed E-state index contributed by atoms with van der Waals surface area (Å²) in [5.41, 5.74) is 15.3. The predicted octanol–water partition coefficient (Wildman–Crippen LogP) is 10.1. The van der Waals surface area contributed by atoms with Crippen LogP contribution in [0.3, 0.4) is 0 Å². The van der Waals surface area contributed by atoms with E-state index >= 15 is 0 Å². The molecule has 2 heteroatoms. The molecule has 2 nitrogen and oxygen atoms in total. The lowest BCUT2D eigenvalue weighted by molar-refractivity contribution is 0.582. The molecular weight excluding hydrogens is 484 g/mol. The van der Waals surface area contributed by atoms with E-state index in [0.29, 0.717) is 0 Å². The first kappa shape index (κ1) is 25.5. The normalized spacial score (nSPS) is 12.9. The van der Waals surface area contributed by atoms with Crippen molar-refractivity contribution in [3.8, 4) is 16.8 Å². The molecule has 0 saturated carbocycles. The minimum Gasteiger partial charge on any atom is -0.404 e. The molecule has 0 aliphatic heterocycles. The molecule has 0 amide bonds. The van der Waals surface area contributed by atoms with Gasteiger partial charge in [-0.25, -0.2) is 0 Å². The molecule has 0 bridgehead atoms. The van der Waals surface area contributed by atoms with Gasteiger partial charge in [0.1, 0.15) is 0 Å². The lowest BCUT2D eigenvalue weighted by Crippen LogP contribution is -2.08. The predicted molar refractivity (Wildman–Crippen MR) is 174 cm³/mol.